The van der Waals surface area contributed by atoms with Gasteiger partial charge in [0.2, 0.25) is 0 Å². The van der Waals surface area contributed by atoms with Crippen molar-refractivity contribution >= 4 is 28.1 Å². The van der Waals surface area contributed by atoms with Crippen molar-refractivity contribution in [3.8, 4) is 0 Å². The van der Waals surface area contributed by atoms with Gasteiger partial charge >= 0.3 is 0 Å². The fourth-order valence-corrected chi connectivity index (χ4v) is 5.18. The number of carbonyl (C=O) groups excluding carboxylic acids is 1. The third-order valence-electron chi connectivity index (χ3n) is 5.92. The molecule has 32 heavy (non-hydrogen) atoms. The Hall–Kier alpha value is -3.38. The van der Waals surface area contributed by atoms with E-state index in [-0.39, 0.29) is 11.9 Å². The molecule has 0 radical (unpaired) electrons. The maximum Gasteiger partial charge on any atom is 0.274 e. The van der Waals surface area contributed by atoms with E-state index in [1.54, 1.807) is 0 Å². The summed E-state index contributed by atoms with van der Waals surface area (Å²) in [7, 11) is 0. The molecule has 6 heteroatoms. The molecular weight excluding hydrogens is 416 g/mol. The van der Waals surface area contributed by atoms with Gasteiger partial charge in [-0.25, -0.2) is 4.98 Å². The van der Waals surface area contributed by atoms with Crippen molar-refractivity contribution in [3.63, 3.8) is 0 Å². The van der Waals surface area contributed by atoms with Crippen LogP contribution in [0, 0.1) is 6.92 Å². The summed E-state index contributed by atoms with van der Waals surface area (Å²) in [6.07, 6.45) is 4.16. The van der Waals surface area contributed by atoms with E-state index in [2.05, 4.69) is 65.0 Å². The molecule has 0 unspecified atom stereocenters. The lowest BCUT2D eigenvalue weighted by Crippen LogP contribution is -2.22. The van der Waals surface area contributed by atoms with Crippen LogP contribution in [0.3, 0.4) is 0 Å². The van der Waals surface area contributed by atoms with E-state index in [0.29, 0.717) is 17.4 Å². The van der Waals surface area contributed by atoms with Crippen LogP contribution in [0.5, 0.6) is 0 Å². The fourth-order valence-electron chi connectivity index (χ4n) is 4.43. The molecule has 4 aromatic rings. The second kappa shape index (κ2) is 9.01. The molecule has 162 valence electrons. The number of nitrogens with one attached hydrogen (secondary N) is 1. The van der Waals surface area contributed by atoms with Crippen molar-refractivity contribution in [2.45, 2.75) is 32.4 Å². The van der Waals surface area contributed by atoms with E-state index in [0.717, 1.165) is 25.1 Å². The van der Waals surface area contributed by atoms with Crippen LogP contribution < -0.4 is 10.2 Å². The average Bonchev–Trinajstić information content (AvgIpc) is 3.55. The molecule has 0 spiro atoms. The number of rotatable bonds is 6. The van der Waals surface area contributed by atoms with Crippen molar-refractivity contribution in [2.24, 2.45) is 0 Å². The molecule has 1 saturated heterocycles. The third-order valence-corrected chi connectivity index (χ3v) is 6.70. The van der Waals surface area contributed by atoms with Crippen molar-refractivity contribution in [1.82, 2.24) is 9.55 Å². The zero-order chi connectivity index (χ0) is 21.9. The second-order valence-electron chi connectivity index (χ2n) is 8.23. The summed E-state index contributed by atoms with van der Waals surface area (Å²) in [6, 6.07) is 22.9. The van der Waals surface area contributed by atoms with E-state index in [1.165, 1.54) is 28.2 Å². The minimum absolute atomic E-state index is 0.130. The lowest BCUT2D eigenvalue weighted by molar-refractivity contribution is 0.101. The molecule has 5 nitrogen and oxygen atoms in total. The summed E-state index contributed by atoms with van der Waals surface area (Å²) in [4.78, 5) is 20.2. The number of aromatic nitrogens is 2. The van der Waals surface area contributed by atoms with Gasteiger partial charge in [0, 0.05) is 30.4 Å². The normalized spacial score (nSPS) is 15.8. The number of anilines is 2. The molecule has 0 saturated carbocycles. The molecule has 5 rings (SSSR count). The van der Waals surface area contributed by atoms with Crippen LogP contribution in [0.2, 0.25) is 0 Å². The van der Waals surface area contributed by atoms with Crippen LogP contribution in [-0.4, -0.2) is 22.0 Å². The third kappa shape index (κ3) is 4.32. The monoisotopic (exact) mass is 442 g/mol. The van der Waals surface area contributed by atoms with Crippen LogP contribution >= 0.6 is 11.3 Å². The Morgan fingerprint density at radius 3 is 2.84 bits per heavy atom. The predicted molar refractivity (Wildman–Crippen MR) is 131 cm³/mol. The van der Waals surface area contributed by atoms with E-state index in [1.807, 2.05) is 35.0 Å². The minimum atomic E-state index is -0.130. The second-order valence-corrected chi connectivity index (χ2v) is 9.09. The lowest BCUT2D eigenvalue weighted by Gasteiger charge is -2.25. The first kappa shape index (κ1) is 20.5. The topological polar surface area (TPSA) is 50.2 Å². The first-order valence-electron chi connectivity index (χ1n) is 11.0. The molecule has 0 bridgehead atoms. The fraction of sp³-hybridized carbons (Fsp3) is 0.231. The van der Waals surface area contributed by atoms with Gasteiger partial charge in [-0.2, -0.15) is 0 Å². The summed E-state index contributed by atoms with van der Waals surface area (Å²) in [5.41, 5.74) is 5.28. The Morgan fingerprint density at radius 1 is 1.12 bits per heavy atom. The minimum Gasteiger partial charge on any atom is -0.363 e. The maximum atomic E-state index is 13.0. The first-order valence-corrected chi connectivity index (χ1v) is 11.8. The molecule has 3 heterocycles. The zero-order valence-electron chi connectivity index (χ0n) is 18.1. The predicted octanol–water partition coefficient (Wildman–Crippen LogP) is 5.90. The van der Waals surface area contributed by atoms with Gasteiger partial charge in [0.1, 0.15) is 5.69 Å². The first-order chi connectivity index (χ1) is 15.7. The number of hydrogen-bond donors (Lipinski definition) is 1. The molecule has 1 N–H and O–H groups in total. The van der Waals surface area contributed by atoms with Crippen LogP contribution in [0.25, 0.3) is 0 Å². The molecule has 1 aliphatic rings. The Kier molecular flexibility index (Phi) is 5.77. The summed E-state index contributed by atoms with van der Waals surface area (Å²) in [5, 5.41) is 5.73. The summed E-state index contributed by atoms with van der Waals surface area (Å²) in [5.74, 6) is -0.130. The van der Waals surface area contributed by atoms with E-state index >= 15 is 0 Å². The highest BCUT2D eigenvalue weighted by atomic mass is 32.1. The number of benzene rings is 2. The van der Waals surface area contributed by atoms with Crippen molar-refractivity contribution < 1.29 is 4.79 Å². The number of amides is 1. The van der Waals surface area contributed by atoms with Crippen LogP contribution in [-0.2, 0) is 6.54 Å². The molecule has 2 aromatic heterocycles. The highest BCUT2D eigenvalue weighted by Crippen LogP contribution is 2.37. The van der Waals surface area contributed by atoms with Gasteiger partial charge in [0.15, 0.2) is 5.13 Å². The van der Waals surface area contributed by atoms with Gasteiger partial charge in [-0.15, -0.1) is 11.3 Å². The van der Waals surface area contributed by atoms with Gasteiger partial charge in [-0.1, -0.05) is 48.0 Å². The van der Waals surface area contributed by atoms with Crippen LogP contribution in [0.4, 0.5) is 10.8 Å². The SMILES string of the molecule is Cc1cccc(Cn2cccc2C(=O)Nc2nc([C@H]3CCCN3c3ccccc3)cs2)c1. The quantitative estimate of drug-likeness (QED) is 0.405. The van der Waals surface area contributed by atoms with Gasteiger partial charge in [-0.3, -0.25) is 10.1 Å². The average molecular weight is 443 g/mol. The highest BCUT2D eigenvalue weighted by molar-refractivity contribution is 7.14. The number of aryl methyl sites for hydroxylation is 1. The van der Waals surface area contributed by atoms with Crippen LogP contribution in [0.15, 0.2) is 78.3 Å². The number of para-hydroxylation sites is 1. The molecule has 1 fully saturated rings. The Labute approximate surface area is 192 Å². The number of hydrogen-bond acceptors (Lipinski definition) is 4. The Balaban J connectivity index is 1.29. The van der Waals surface area contributed by atoms with Crippen molar-refractivity contribution in [3.05, 3.63) is 101 Å². The molecule has 0 aliphatic carbocycles. The molecular formula is C26H26N4OS. The molecule has 1 amide bonds. The van der Waals surface area contributed by atoms with E-state index in [4.69, 9.17) is 4.98 Å². The molecule has 1 atom stereocenters. The van der Waals surface area contributed by atoms with E-state index in [9.17, 15) is 4.79 Å². The Bertz CT molecular complexity index is 1210. The molecule has 2 aromatic carbocycles. The number of thiazole rings is 1. The Morgan fingerprint density at radius 2 is 2.00 bits per heavy atom. The smallest absolute Gasteiger partial charge is 0.274 e. The number of nitrogens with zero attached hydrogens (tertiary/aromatic N) is 3. The number of carbonyl (C=O) groups is 1. The van der Waals surface area contributed by atoms with Gasteiger partial charge in [0.25, 0.3) is 5.91 Å². The van der Waals surface area contributed by atoms with Crippen LogP contribution in [0.1, 0.15) is 46.2 Å². The highest BCUT2D eigenvalue weighted by Gasteiger charge is 2.28. The zero-order valence-corrected chi connectivity index (χ0v) is 18.9. The summed E-state index contributed by atoms with van der Waals surface area (Å²) >= 11 is 1.49. The lowest BCUT2D eigenvalue weighted by atomic mass is 10.1. The van der Waals surface area contributed by atoms with Gasteiger partial charge < -0.3 is 9.47 Å². The van der Waals surface area contributed by atoms with Gasteiger partial charge in [0.05, 0.1) is 11.7 Å². The maximum absolute atomic E-state index is 13.0. The van der Waals surface area contributed by atoms with Crippen molar-refractivity contribution in [1.29, 1.82) is 0 Å². The standard InChI is InChI=1S/C26H26N4OS/c1-19-8-5-9-20(16-19)17-29-14-6-13-24(29)25(31)28-26-27-22(18-32-26)23-12-7-15-30(23)21-10-3-2-4-11-21/h2-6,8-11,13-14,16,18,23H,7,12,15,17H2,1H3,(H,27,28,31)/t23-/m1/s1. The van der Waals surface area contributed by atoms with E-state index < -0.39 is 0 Å². The largest absolute Gasteiger partial charge is 0.363 e. The summed E-state index contributed by atoms with van der Waals surface area (Å²) in [6.45, 7) is 3.77. The van der Waals surface area contributed by atoms with Crippen molar-refractivity contribution in [2.75, 3.05) is 16.8 Å². The molecule has 1 aliphatic heterocycles. The summed E-state index contributed by atoms with van der Waals surface area (Å²) < 4.78 is 1.98. The van der Waals surface area contributed by atoms with Gasteiger partial charge in [-0.05, 0) is 49.6 Å².